The van der Waals surface area contributed by atoms with Gasteiger partial charge in [-0.3, -0.25) is 5.10 Å². The van der Waals surface area contributed by atoms with Crippen molar-refractivity contribution in [2.45, 2.75) is 13.0 Å². The Balaban J connectivity index is 1.68. The van der Waals surface area contributed by atoms with Crippen LogP contribution in [0.1, 0.15) is 6.92 Å². The number of nitrogens with zero attached hydrogens (tertiary/aromatic N) is 5. The third kappa shape index (κ3) is 2.15. The molecular weight excluding hydrogens is 266 g/mol. The number of aromatic amines is 1. The average Bonchev–Trinajstić information content (AvgIpc) is 3.14. The van der Waals surface area contributed by atoms with Crippen LogP contribution in [0.25, 0.3) is 16.9 Å². The molecule has 0 saturated carbocycles. The lowest BCUT2D eigenvalue weighted by atomic mass is 10.2. The predicted molar refractivity (Wildman–Crippen MR) is 80.2 cm³/mol. The van der Waals surface area contributed by atoms with Crippen LogP contribution >= 0.6 is 0 Å². The van der Waals surface area contributed by atoms with Gasteiger partial charge in [0, 0.05) is 31.9 Å². The summed E-state index contributed by atoms with van der Waals surface area (Å²) in [6, 6.07) is 6.43. The summed E-state index contributed by atoms with van der Waals surface area (Å²) in [5, 5.41) is 15.2. The van der Waals surface area contributed by atoms with Crippen LogP contribution in [-0.2, 0) is 0 Å². The summed E-state index contributed by atoms with van der Waals surface area (Å²) in [5.74, 6) is 1.52. The Morgan fingerprint density at radius 1 is 1.33 bits per heavy atom. The standard InChI is InChI=1S/C14H17N7/c1-10-9-20(7-5-15-10)14-17-13(18-19-14)11-8-16-21-6-3-2-4-12(11)21/h2-4,6,8,10,15H,5,7,9H2,1H3,(H,17,18,19). The van der Waals surface area contributed by atoms with Gasteiger partial charge in [0.2, 0.25) is 5.95 Å². The number of aromatic nitrogens is 5. The van der Waals surface area contributed by atoms with Crippen LogP contribution in [0, 0.1) is 0 Å². The van der Waals surface area contributed by atoms with Crippen LogP contribution < -0.4 is 10.2 Å². The summed E-state index contributed by atoms with van der Waals surface area (Å²) >= 11 is 0. The quantitative estimate of drug-likeness (QED) is 0.731. The molecule has 4 heterocycles. The topological polar surface area (TPSA) is 74.1 Å². The Labute approximate surface area is 122 Å². The van der Waals surface area contributed by atoms with E-state index in [-0.39, 0.29) is 0 Å². The van der Waals surface area contributed by atoms with Crippen molar-refractivity contribution in [2.24, 2.45) is 0 Å². The van der Waals surface area contributed by atoms with E-state index in [1.807, 2.05) is 35.1 Å². The molecular formula is C14H17N7. The van der Waals surface area contributed by atoms with Gasteiger partial charge in [0.1, 0.15) is 0 Å². The van der Waals surface area contributed by atoms with E-state index in [1.165, 1.54) is 0 Å². The van der Waals surface area contributed by atoms with Crippen molar-refractivity contribution in [1.29, 1.82) is 0 Å². The van der Waals surface area contributed by atoms with Crippen molar-refractivity contribution in [3.8, 4) is 11.4 Å². The monoisotopic (exact) mass is 283 g/mol. The van der Waals surface area contributed by atoms with Gasteiger partial charge in [-0.2, -0.15) is 10.1 Å². The summed E-state index contributed by atoms with van der Waals surface area (Å²) in [7, 11) is 0. The van der Waals surface area contributed by atoms with Crippen molar-refractivity contribution < 1.29 is 0 Å². The van der Waals surface area contributed by atoms with Gasteiger partial charge in [-0.05, 0) is 19.1 Å². The number of rotatable bonds is 2. The zero-order valence-electron chi connectivity index (χ0n) is 11.8. The number of hydrogen-bond donors (Lipinski definition) is 2. The lowest BCUT2D eigenvalue weighted by Crippen LogP contribution is -2.49. The lowest BCUT2D eigenvalue weighted by molar-refractivity contribution is 0.480. The van der Waals surface area contributed by atoms with Crippen LogP contribution in [-0.4, -0.2) is 50.5 Å². The van der Waals surface area contributed by atoms with E-state index >= 15 is 0 Å². The molecule has 7 nitrogen and oxygen atoms in total. The molecule has 0 bridgehead atoms. The second-order valence-electron chi connectivity index (χ2n) is 5.37. The van der Waals surface area contributed by atoms with Gasteiger partial charge in [0.15, 0.2) is 5.82 Å². The van der Waals surface area contributed by atoms with Gasteiger partial charge >= 0.3 is 0 Å². The number of hydrogen-bond acceptors (Lipinski definition) is 5. The molecule has 3 aromatic rings. The number of anilines is 1. The number of nitrogens with one attached hydrogen (secondary N) is 2. The van der Waals surface area contributed by atoms with Crippen LogP contribution in [0.3, 0.4) is 0 Å². The Hall–Kier alpha value is -2.41. The van der Waals surface area contributed by atoms with Gasteiger partial charge in [-0.25, -0.2) is 4.52 Å². The van der Waals surface area contributed by atoms with Crippen molar-refractivity contribution in [3.05, 3.63) is 30.6 Å². The van der Waals surface area contributed by atoms with Crippen LogP contribution in [0.15, 0.2) is 30.6 Å². The highest BCUT2D eigenvalue weighted by Crippen LogP contribution is 2.22. The molecule has 108 valence electrons. The fourth-order valence-electron chi connectivity index (χ4n) is 2.75. The third-order valence-corrected chi connectivity index (χ3v) is 3.81. The first-order valence-corrected chi connectivity index (χ1v) is 7.15. The molecule has 0 amide bonds. The Morgan fingerprint density at radius 2 is 2.29 bits per heavy atom. The molecule has 0 spiro atoms. The van der Waals surface area contributed by atoms with E-state index in [4.69, 9.17) is 0 Å². The normalized spacial score (nSPS) is 19.3. The highest BCUT2D eigenvalue weighted by molar-refractivity contribution is 5.75. The molecule has 0 aliphatic carbocycles. The van der Waals surface area contributed by atoms with Gasteiger partial charge in [-0.15, -0.1) is 5.10 Å². The molecule has 1 unspecified atom stereocenters. The van der Waals surface area contributed by atoms with Gasteiger partial charge in [0.05, 0.1) is 17.3 Å². The minimum absolute atomic E-state index is 0.456. The largest absolute Gasteiger partial charge is 0.337 e. The van der Waals surface area contributed by atoms with E-state index in [0.717, 1.165) is 42.5 Å². The molecule has 0 aromatic carbocycles. The molecule has 21 heavy (non-hydrogen) atoms. The first kappa shape index (κ1) is 12.3. The highest BCUT2D eigenvalue weighted by atomic mass is 15.4. The molecule has 1 aliphatic heterocycles. The van der Waals surface area contributed by atoms with E-state index < -0.39 is 0 Å². The Bertz CT molecular complexity index is 759. The fraction of sp³-hybridized carbons (Fsp3) is 0.357. The zero-order chi connectivity index (χ0) is 14.2. The smallest absolute Gasteiger partial charge is 0.245 e. The minimum atomic E-state index is 0.456. The maximum atomic E-state index is 4.64. The molecule has 2 N–H and O–H groups in total. The summed E-state index contributed by atoms with van der Waals surface area (Å²) in [4.78, 5) is 6.84. The Morgan fingerprint density at radius 3 is 3.19 bits per heavy atom. The Kier molecular flexibility index (Phi) is 2.85. The van der Waals surface area contributed by atoms with Gasteiger partial charge in [0.25, 0.3) is 0 Å². The first-order valence-electron chi connectivity index (χ1n) is 7.15. The van der Waals surface area contributed by atoms with Crippen LogP contribution in [0.2, 0.25) is 0 Å². The van der Waals surface area contributed by atoms with E-state index in [1.54, 1.807) is 0 Å². The van der Waals surface area contributed by atoms with E-state index in [9.17, 15) is 0 Å². The van der Waals surface area contributed by atoms with E-state index in [2.05, 4.69) is 37.4 Å². The zero-order valence-corrected chi connectivity index (χ0v) is 11.8. The SMILES string of the molecule is CC1CN(c2n[nH]c(-c3cnn4ccccc34)n2)CCN1. The molecule has 0 radical (unpaired) electrons. The maximum absolute atomic E-state index is 4.64. The molecule has 4 rings (SSSR count). The van der Waals surface area contributed by atoms with Gasteiger partial charge < -0.3 is 10.2 Å². The molecule has 1 saturated heterocycles. The minimum Gasteiger partial charge on any atom is -0.337 e. The molecule has 1 atom stereocenters. The summed E-state index contributed by atoms with van der Waals surface area (Å²) in [6.45, 7) is 4.98. The first-order chi connectivity index (χ1) is 10.3. The number of fused-ring (bicyclic) bond motifs is 1. The van der Waals surface area contributed by atoms with Crippen LogP contribution in [0.5, 0.6) is 0 Å². The van der Waals surface area contributed by atoms with Crippen molar-refractivity contribution >= 4 is 11.5 Å². The van der Waals surface area contributed by atoms with Crippen molar-refractivity contribution in [2.75, 3.05) is 24.5 Å². The summed E-state index contributed by atoms with van der Waals surface area (Å²) < 4.78 is 1.84. The number of piperazine rings is 1. The number of pyridine rings is 1. The lowest BCUT2D eigenvalue weighted by Gasteiger charge is -2.30. The third-order valence-electron chi connectivity index (χ3n) is 3.81. The predicted octanol–water partition coefficient (Wildman–Crippen LogP) is 0.917. The van der Waals surface area contributed by atoms with E-state index in [0.29, 0.717) is 6.04 Å². The highest BCUT2D eigenvalue weighted by Gasteiger charge is 2.20. The summed E-state index contributed by atoms with van der Waals surface area (Å²) in [6.07, 6.45) is 3.74. The van der Waals surface area contributed by atoms with Crippen LogP contribution in [0.4, 0.5) is 5.95 Å². The van der Waals surface area contributed by atoms with Gasteiger partial charge in [-0.1, -0.05) is 6.07 Å². The summed E-state index contributed by atoms with van der Waals surface area (Å²) in [5.41, 5.74) is 1.99. The molecule has 1 fully saturated rings. The fourth-order valence-corrected chi connectivity index (χ4v) is 2.75. The van der Waals surface area contributed by atoms with Crippen molar-refractivity contribution in [1.82, 2.24) is 30.1 Å². The average molecular weight is 283 g/mol. The molecule has 1 aliphatic rings. The van der Waals surface area contributed by atoms with Crippen molar-refractivity contribution in [3.63, 3.8) is 0 Å². The second kappa shape index (κ2) is 4.85. The molecule has 7 heteroatoms. The maximum Gasteiger partial charge on any atom is 0.245 e. The second-order valence-corrected chi connectivity index (χ2v) is 5.37. The molecule has 3 aromatic heterocycles. The number of H-pyrrole nitrogens is 1.